The second-order valence-electron chi connectivity index (χ2n) is 4.70. The highest BCUT2D eigenvalue weighted by molar-refractivity contribution is 5.80. The zero-order chi connectivity index (χ0) is 16.1. The van der Waals surface area contributed by atoms with Crippen LogP contribution in [0, 0.1) is 0 Å². The Kier molecular flexibility index (Phi) is 4.42. The summed E-state index contributed by atoms with van der Waals surface area (Å²) in [6.07, 6.45) is 1.59. The highest BCUT2D eigenvalue weighted by Gasteiger charge is 2.05. The van der Waals surface area contributed by atoms with Gasteiger partial charge in [-0.25, -0.2) is 4.98 Å². The average Bonchev–Trinajstić information content (AvgIpc) is 3.01. The molecule has 1 heterocycles. The summed E-state index contributed by atoms with van der Waals surface area (Å²) in [4.78, 5) is 9.53. The van der Waals surface area contributed by atoms with Gasteiger partial charge < -0.3 is 18.7 Å². The number of fused-ring (bicyclic) bond motifs is 1. The number of aromatic nitrogens is 1. The maximum absolute atomic E-state index is 5.54. The van der Waals surface area contributed by atoms with E-state index in [0.717, 1.165) is 16.7 Å². The fourth-order valence-electron chi connectivity index (χ4n) is 2.11. The van der Waals surface area contributed by atoms with Crippen molar-refractivity contribution in [2.75, 3.05) is 14.2 Å². The van der Waals surface area contributed by atoms with Crippen molar-refractivity contribution in [2.24, 2.45) is 5.16 Å². The highest BCUT2D eigenvalue weighted by atomic mass is 16.6. The Bertz CT molecular complexity index is 793. The molecule has 0 saturated heterocycles. The van der Waals surface area contributed by atoms with Crippen LogP contribution in [0.15, 0.2) is 52.0 Å². The summed E-state index contributed by atoms with van der Waals surface area (Å²) in [5.74, 6) is 1.78. The van der Waals surface area contributed by atoms with Gasteiger partial charge in [-0.1, -0.05) is 17.3 Å². The molecule has 0 unspecified atom stereocenters. The third-order valence-corrected chi connectivity index (χ3v) is 3.21. The van der Waals surface area contributed by atoms with Crippen molar-refractivity contribution in [1.82, 2.24) is 4.98 Å². The maximum Gasteiger partial charge on any atom is 0.236 e. The number of hydrogen-bond donors (Lipinski definition) is 0. The Balaban J connectivity index is 1.62. The number of methoxy groups -OCH3 is 2. The van der Waals surface area contributed by atoms with Crippen LogP contribution < -0.4 is 9.47 Å². The highest BCUT2D eigenvalue weighted by Crippen LogP contribution is 2.26. The third-order valence-electron chi connectivity index (χ3n) is 3.21. The lowest BCUT2D eigenvalue weighted by molar-refractivity contribution is 0.113. The van der Waals surface area contributed by atoms with E-state index in [1.54, 1.807) is 26.5 Å². The second-order valence-corrected chi connectivity index (χ2v) is 4.70. The van der Waals surface area contributed by atoms with Crippen LogP contribution in [0.2, 0.25) is 0 Å². The molecule has 6 nitrogen and oxygen atoms in total. The number of ether oxygens (including phenoxy) is 2. The molecule has 1 aromatic heterocycles. The minimum absolute atomic E-state index is 0.165. The number of oxazole rings is 1. The number of rotatable bonds is 6. The van der Waals surface area contributed by atoms with E-state index in [9.17, 15) is 0 Å². The molecule has 0 radical (unpaired) electrons. The minimum atomic E-state index is 0.165. The van der Waals surface area contributed by atoms with Crippen molar-refractivity contribution in [2.45, 2.75) is 6.61 Å². The van der Waals surface area contributed by atoms with E-state index >= 15 is 0 Å². The van der Waals surface area contributed by atoms with Crippen molar-refractivity contribution >= 4 is 17.3 Å². The summed E-state index contributed by atoms with van der Waals surface area (Å²) in [6, 6.07) is 13.0. The normalized spacial score (nSPS) is 11.0. The Hall–Kier alpha value is -3.02. The van der Waals surface area contributed by atoms with Gasteiger partial charge in [-0.2, -0.15) is 0 Å². The van der Waals surface area contributed by atoms with Gasteiger partial charge in [0.15, 0.2) is 23.7 Å². The Morgan fingerprint density at radius 3 is 2.70 bits per heavy atom. The van der Waals surface area contributed by atoms with Gasteiger partial charge in [0.2, 0.25) is 5.89 Å². The fourth-order valence-corrected chi connectivity index (χ4v) is 2.11. The maximum atomic E-state index is 5.54. The molecule has 0 amide bonds. The fraction of sp³-hybridized carbons (Fsp3) is 0.176. The molecule has 0 saturated carbocycles. The summed E-state index contributed by atoms with van der Waals surface area (Å²) < 4.78 is 16.0. The van der Waals surface area contributed by atoms with Crippen molar-refractivity contribution < 1.29 is 18.7 Å². The zero-order valence-corrected chi connectivity index (χ0v) is 12.9. The minimum Gasteiger partial charge on any atom is -0.493 e. The Morgan fingerprint density at radius 2 is 1.91 bits per heavy atom. The van der Waals surface area contributed by atoms with Crippen LogP contribution in [0.25, 0.3) is 11.1 Å². The Labute approximate surface area is 133 Å². The standard InChI is InChI=1S/C17H16N2O4/c1-20-15-8-7-12(9-16(15)21-2)10-18-22-11-17-19-13-5-3-4-6-14(13)23-17/h3-10H,11H2,1-2H3/b18-10-. The first-order valence-corrected chi connectivity index (χ1v) is 7.02. The largest absolute Gasteiger partial charge is 0.493 e. The molecule has 118 valence electrons. The lowest BCUT2D eigenvalue weighted by atomic mass is 10.2. The van der Waals surface area contributed by atoms with Gasteiger partial charge >= 0.3 is 0 Å². The molecule has 23 heavy (non-hydrogen) atoms. The van der Waals surface area contributed by atoms with Crippen LogP contribution in [-0.4, -0.2) is 25.4 Å². The van der Waals surface area contributed by atoms with Crippen LogP contribution in [0.3, 0.4) is 0 Å². The first-order chi connectivity index (χ1) is 11.3. The van der Waals surface area contributed by atoms with Crippen LogP contribution in [0.5, 0.6) is 11.5 Å². The first-order valence-electron chi connectivity index (χ1n) is 7.02. The summed E-state index contributed by atoms with van der Waals surface area (Å²) in [6.45, 7) is 0.165. The van der Waals surface area contributed by atoms with Crippen LogP contribution in [-0.2, 0) is 11.4 Å². The number of oxime groups is 1. The van der Waals surface area contributed by atoms with Gasteiger partial charge in [0.1, 0.15) is 5.52 Å². The SMILES string of the molecule is COc1ccc(/C=N\OCc2nc3ccccc3o2)cc1OC. The van der Waals surface area contributed by atoms with Crippen LogP contribution in [0.4, 0.5) is 0 Å². The van der Waals surface area contributed by atoms with Gasteiger partial charge in [0.05, 0.1) is 20.4 Å². The quantitative estimate of drug-likeness (QED) is 0.515. The molecule has 6 heteroatoms. The predicted molar refractivity (Wildman–Crippen MR) is 85.9 cm³/mol. The topological polar surface area (TPSA) is 66.1 Å². The van der Waals surface area contributed by atoms with Gasteiger partial charge in [0, 0.05) is 5.56 Å². The van der Waals surface area contributed by atoms with E-state index < -0.39 is 0 Å². The zero-order valence-electron chi connectivity index (χ0n) is 12.9. The van der Waals surface area contributed by atoms with E-state index in [1.807, 2.05) is 36.4 Å². The van der Waals surface area contributed by atoms with E-state index in [1.165, 1.54) is 0 Å². The van der Waals surface area contributed by atoms with Gasteiger partial charge in [0.25, 0.3) is 0 Å². The van der Waals surface area contributed by atoms with Crippen molar-refractivity contribution in [3.05, 3.63) is 53.9 Å². The van der Waals surface area contributed by atoms with Crippen LogP contribution in [0.1, 0.15) is 11.5 Å². The van der Waals surface area contributed by atoms with Gasteiger partial charge in [-0.05, 0) is 30.3 Å². The van der Waals surface area contributed by atoms with E-state index in [0.29, 0.717) is 17.4 Å². The summed E-state index contributed by atoms with van der Waals surface area (Å²) in [7, 11) is 3.18. The van der Waals surface area contributed by atoms with Crippen molar-refractivity contribution in [1.29, 1.82) is 0 Å². The lowest BCUT2D eigenvalue weighted by Crippen LogP contribution is -1.92. The molecular weight excluding hydrogens is 296 g/mol. The van der Waals surface area contributed by atoms with Gasteiger partial charge in [-0.15, -0.1) is 0 Å². The third kappa shape index (κ3) is 3.42. The van der Waals surface area contributed by atoms with E-state index in [2.05, 4.69) is 10.1 Å². The molecule has 0 bridgehead atoms. The number of para-hydroxylation sites is 2. The molecule has 2 aromatic carbocycles. The molecule has 3 aromatic rings. The van der Waals surface area contributed by atoms with Crippen molar-refractivity contribution in [3.63, 3.8) is 0 Å². The Morgan fingerprint density at radius 1 is 1.09 bits per heavy atom. The molecular formula is C17H16N2O4. The second kappa shape index (κ2) is 6.83. The average molecular weight is 312 g/mol. The molecule has 0 aliphatic rings. The number of hydrogen-bond acceptors (Lipinski definition) is 6. The predicted octanol–water partition coefficient (Wildman–Crippen LogP) is 3.40. The lowest BCUT2D eigenvalue weighted by Gasteiger charge is -2.07. The molecule has 3 rings (SSSR count). The summed E-state index contributed by atoms with van der Waals surface area (Å²) in [5, 5.41) is 3.92. The first kappa shape index (κ1) is 14.9. The molecule has 0 aliphatic carbocycles. The smallest absolute Gasteiger partial charge is 0.236 e. The summed E-state index contributed by atoms with van der Waals surface area (Å²) in [5.41, 5.74) is 2.37. The van der Waals surface area contributed by atoms with Crippen LogP contribution >= 0.6 is 0 Å². The molecule has 0 aliphatic heterocycles. The van der Waals surface area contributed by atoms with E-state index in [4.69, 9.17) is 18.7 Å². The summed E-state index contributed by atoms with van der Waals surface area (Å²) >= 11 is 0. The van der Waals surface area contributed by atoms with Gasteiger partial charge in [-0.3, -0.25) is 0 Å². The number of nitrogens with zero attached hydrogens (tertiary/aromatic N) is 2. The monoisotopic (exact) mass is 312 g/mol. The van der Waals surface area contributed by atoms with Crippen molar-refractivity contribution in [3.8, 4) is 11.5 Å². The van der Waals surface area contributed by atoms with E-state index in [-0.39, 0.29) is 6.61 Å². The molecule has 0 spiro atoms. The number of benzene rings is 2. The molecule has 0 N–H and O–H groups in total. The molecule has 0 atom stereocenters. The molecule has 0 fully saturated rings.